The van der Waals surface area contributed by atoms with Crippen LogP contribution in [0.3, 0.4) is 0 Å². The van der Waals surface area contributed by atoms with Gasteiger partial charge in [-0.3, -0.25) is 4.79 Å². The molecule has 1 aromatic carbocycles. The zero-order chi connectivity index (χ0) is 24.3. The largest absolute Gasteiger partial charge is 0.322 e. The maximum atomic E-state index is 13.0. The fraction of sp³-hybridized carbons (Fsp3) is 0.542. The van der Waals surface area contributed by atoms with E-state index in [1.807, 2.05) is 45.4 Å². The lowest BCUT2D eigenvalue weighted by molar-refractivity contribution is -0.116. The van der Waals surface area contributed by atoms with Gasteiger partial charge in [-0.2, -0.15) is 5.10 Å². The van der Waals surface area contributed by atoms with Crippen molar-refractivity contribution in [1.29, 1.82) is 0 Å². The fourth-order valence-corrected chi connectivity index (χ4v) is 3.23. The molecule has 0 saturated carbocycles. The van der Waals surface area contributed by atoms with E-state index in [9.17, 15) is 9.59 Å². The molecule has 32 heavy (non-hydrogen) atoms. The number of hydrogen-bond donors (Lipinski definition) is 2. The van der Waals surface area contributed by atoms with Gasteiger partial charge in [-0.15, -0.1) is 0 Å². The third kappa shape index (κ3) is 7.26. The second kappa shape index (κ2) is 9.94. The molecule has 8 heteroatoms. The number of carbonyl (C=O) groups is 2. The SMILES string of the molecule is CC(C)CN(CC(=O)Nc1cc(C(C)(C)C)nn1C(C)(C)C)C(=O)Nc1ccc(Cl)cc1. The predicted octanol–water partition coefficient (Wildman–Crippen LogP) is 5.72. The molecule has 0 saturated heterocycles. The van der Waals surface area contributed by atoms with Crippen molar-refractivity contribution in [3.8, 4) is 0 Å². The Balaban J connectivity index is 2.19. The van der Waals surface area contributed by atoms with Crippen molar-refractivity contribution in [2.75, 3.05) is 23.7 Å². The van der Waals surface area contributed by atoms with Crippen molar-refractivity contribution in [2.45, 2.75) is 66.3 Å². The zero-order valence-electron chi connectivity index (χ0n) is 20.4. The highest BCUT2D eigenvalue weighted by Gasteiger charge is 2.26. The molecule has 0 aliphatic rings. The van der Waals surface area contributed by atoms with Gasteiger partial charge in [0.2, 0.25) is 5.91 Å². The summed E-state index contributed by atoms with van der Waals surface area (Å²) >= 11 is 5.92. The van der Waals surface area contributed by atoms with Crippen molar-refractivity contribution >= 4 is 35.0 Å². The Bertz CT molecular complexity index is 937. The van der Waals surface area contributed by atoms with Crippen LogP contribution in [0.2, 0.25) is 5.02 Å². The molecule has 0 aliphatic heterocycles. The lowest BCUT2D eigenvalue weighted by Gasteiger charge is -2.26. The summed E-state index contributed by atoms with van der Waals surface area (Å²) in [5.41, 5.74) is 1.05. The molecule has 176 valence electrons. The lowest BCUT2D eigenvalue weighted by atomic mass is 9.92. The second-order valence-corrected chi connectivity index (χ2v) is 10.9. The molecule has 0 bridgehead atoms. The van der Waals surface area contributed by atoms with Gasteiger partial charge in [0.05, 0.1) is 11.2 Å². The summed E-state index contributed by atoms with van der Waals surface area (Å²) in [5.74, 6) is 0.546. The molecule has 0 unspecified atom stereocenters. The van der Waals surface area contributed by atoms with Crippen LogP contribution in [0.1, 0.15) is 61.1 Å². The molecule has 0 radical (unpaired) electrons. The van der Waals surface area contributed by atoms with Gasteiger partial charge in [0.1, 0.15) is 12.4 Å². The van der Waals surface area contributed by atoms with E-state index in [0.29, 0.717) is 23.1 Å². The number of rotatable bonds is 6. The third-order valence-electron chi connectivity index (χ3n) is 4.68. The van der Waals surface area contributed by atoms with Crippen LogP contribution in [-0.2, 0) is 15.7 Å². The molecule has 0 fully saturated rings. The summed E-state index contributed by atoms with van der Waals surface area (Å²) in [7, 11) is 0. The predicted molar refractivity (Wildman–Crippen MR) is 131 cm³/mol. The summed E-state index contributed by atoms with van der Waals surface area (Å²) < 4.78 is 1.83. The number of urea groups is 1. The first kappa shape index (κ1) is 25.7. The van der Waals surface area contributed by atoms with Gasteiger partial charge in [0, 0.05) is 28.7 Å². The highest BCUT2D eigenvalue weighted by Crippen LogP contribution is 2.28. The number of nitrogens with one attached hydrogen (secondary N) is 2. The Morgan fingerprint density at radius 2 is 1.66 bits per heavy atom. The van der Waals surface area contributed by atoms with E-state index in [1.54, 1.807) is 24.3 Å². The molecule has 1 heterocycles. The molecule has 0 atom stereocenters. The van der Waals surface area contributed by atoms with Crippen molar-refractivity contribution in [1.82, 2.24) is 14.7 Å². The molecule has 2 rings (SSSR count). The number of amides is 3. The number of halogens is 1. The number of hydrogen-bond acceptors (Lipinski definition) is 3. The van der Waals surface area contributed by atoms with Gasteiger partial charge < -0.3 is 15.5 Å². The van der Waals surface area contributed by atoms with Gasteiger partial charge in [-0.1, -0.05) is 46.2 Å². The topological polar surface area (TPSA) is 79.3 Å². The summed E-state index contributed by atoms with van der Waals surface area (Å²) in [6.45, 7) is 16.7. The first-order chi connectivity index (χ1) is 14.7. The summed E-state index contributed by atoms with van der Waals surface area (Å²) in [6, 6.07) is 8.43. The van der Waals surface area contributed by atoms with Crippen molar-refractivity contribution in [3.05, 3.63) is 41.0 Å². The minimum Gasteiger partial charge on any atom is -0.315 e. The standard InChI is InChI=1S/C24H36ClN5O2/c1-16(2)14-29(22(32)26-18-11-9-17(25)10-12-18)15-21(31)27-20-13-19(23(3,4)5)28-30(20)24(6,7)8/h9-13,16H,14-15H2,1-8H3,(H,26,32)(H,27,31). The monoisotopic (exact) mass is 461 g/mol. The number of anilines is 2. The quantitative estimate of drug-likeness (QED) is 0.577. The van der Waals surface area contributed by atoms with Gasteiger partial charge in [-0.05, 0) is 51.0 Å². The normalized spacial score (nSPS) is 12.1. The smallest absolute Gasteiger partial charge is 0.315 e. The van der Waals surface area contributed by atoms with Crippen LogP contribution < -0.4 is 10.6 Å². The number of carbonyl (C=O) groups excluding carboxylic acids is 2. The van der Waals surface area contributed by atoms with Gasteiger partial charge in [0.25, 0.3) is 0 Å². The van der Waals surface area contributed by atoms with Crippen LogP contribution >= 0.6 is 11.6 Å². The van der Waals surface area contributed by atoms with Crippen LogP contribution in [0.5, 0.6) is 0 Å². The van der Waals surface area contributed by atoms with Crippen molar-refractivity contribution in [3.63, 3.8) is 0 Å². The summed E-state index contributed by atoms with van der Waals surface area (Å²) in [5, 5.41) is 11.1. The first-order valence-corrected chi connectivity index (χ1v) is 11.3. The van der Waals surface area contributed by atoms with Crippen LogP contribution in [-0.4, -0.2) is 39.7 Å². The van der Waals surface area contributed by atoms with Gasteiger partial charge >= 0.3 is 6.03 Å². The lowest BCUT2D eigenvalue weighted by Crippen LogP contribution is -2.43. The number of nitrogens with zero attached hydrogens (tertiary/aromatic N) is 3. The Morgan fingerprint density at radius 1 is 1.06 bits per heavy atom. The van der Waals surface area contributed by atoms with Crippen LogP contribution in [0.15, 0.2) is 30.3 Å². The van der Waals surface area contributed by atoms with Crippen LogP contribution in [0.4, 0.5) is 16.3 Å². The Morgan fingerprint density at radius 3 is 2.16 bits per heavy atom. The molecule has 2 N–H and O–H groups in total. The molecular weight excluding hydrogens is 426 g/mol. The molecule has 1 aromatic heterocycles. The average molecular weight is 462 g/mol. The Hall–Kier alpha value is -2.54. The highest BCUT2D eigenvalue weighted by atomic mass is 35.5. The maximum absolute atomic E-state index is 13.0. The minimum absolute atomic E-state index is 0.0716. The Labute approximate surface area is 196 Å². The Kier molecular flexibility index (Phi) is 7.99. The van der Waals surface area contributed by atoms with E-state index >= 15 is 0 Å². The van der Waals surface area contributed by atoms with E-state index < -0.39 is 0 Å². The molecule has 2 aromatic rings. The van der Waals surface area contributed by atoms with E-state index in [-0.39, 0.29) is 35.4 Å². The minimum atomic E-state index is -0.337. The van der Waals surface area contributed by atoms with E-state index in [4.69, 9.17) is 16.7 Å². The van der Waals surface area contributed by atoms with Crippen LogP contribution in [0.25, 0.3) is 0 Å². The van der Waals surface area contributed by atoms with Gasteiger partial charge in [-0.25, -0.2) is 9.48 Å². The molecule has 0 aliphatic carbocycles. The van der Waals surface area contributed by atoms with E-state index in [1.165, 1.54) is 4.90 Å². The molecular formula is C24H36ClN5O2. The molecule has 7 nitrogen and oxygen atoms in total. The van der Waals surface area contributed by atoms with Crippen molar-refractivity contribution in [2.24, 2.45) is 5.92 Å². The molecule has 0 spiro atoms. The zero-order valence-corrected chi connectivity index (χ0v) is 21.2. The third-order valence-corrected chi connectivity index (χ3v) is 4.94. The first-order valence-electron chi connectivity index (χ1n) is 10.9. The summed E-state index contributed by atoms with van der Waals surface area (Å²) in [6.07, 6.45) is 0. The summed E-state index contributed by atoms with van der Waals surface area (Å²) in [4.78, 5) is 27.3. The average Bonchev–Trinajstić information content (AvgIpc) is 3.07. The number of benzene rings is 1. The van der Waals surface area contributed by atoms with Crippen LogP contribution in [0, 0.1) is 5.92 Å². The maximum Gasteiger partial charge on any atom is 0.322 e. The molecule has 3 amide bonds. The van der Waals surface area contributed by atoms with E-state index in [2.05, 4.69) is 31.4 Å². The van der Waals surface area contributed by atoms with Gasteiger partial charge in [0.15, 0.2) is 0 Å². The second-order valence-electron chi connectivity index (χ2n) is 10.5. The van der Waals surface area contributed by atoms with Crippen molar-refractivity contribution < 1.29 is 9.59 Å². The number of aromatic nitrogens is 2. The van der Waals surface area contributed by atoms with E-state index in [0.717, 1.165) is 5.69 Å². The highest BCUT2D eigenvalue weighted by molar-refractivity contribution is 6.30. The fourth-order valence-electron chi connectivity index (χ4n) is 3.10.